The number of amides is 3. The summed E-state index contributed by atoms with van der Waals surface area (Å²) in [6, 6.07) is 5.27. The van der Waals surface area contributed by atoms with Gasteiger partial charge in [0.15, 0.2) is 6.54 Å². The lowest BCUT2D eigenvalue weighted by Gasteiger charge is -2.16. The molecule has 3 amide bonds. The summed E-state index contributed by atoms with van der Waals surface area (Å²) in [5.74, 6) is -0.209. The molecule has 1 aromatic carbocycles. The highest BCUT2D eigenvalue weighted by molar-refractivity contribution is 6.01. The van der Waals surface area contributed by atoms with Crippen molar-refractivity contribution in [1.82, 2.24) is 5.32 Å². The summed E-state index contributed by atoms with van der Waals surface area (Å²) in [5, 5.41) is 5.18. The van der Waals surface area contributed by atoms with Crippen LogP contribution in [0, 0.1) is 13.8 Å². The molecule has 0 aromatic heterocycles. The Hall–Kier alpha value is -1.88. The van der Waals surface area contributed by atoms with Crippen LogP contribution in [0.1, 0.15) is 36.8 Å². The van der Waals surface area contributed by atoms with Gasteiger partial charge >= 0.3 is 6.03 Å². The molecule has 1 heterocycles. The van der Waals surface area contributed by atoms with Crippen molar-refractivity contribution in [2.24, 2.45) is 0 Å². The molecule has 0 unspecified atom stereocenters. The summed E-state index contributed by atoms with van der Waals surface area (Å²) in [7, 11) is 0. The molecule has 1 saturated heterocycles. The number of imide groups is 1. The van der Waals surface area contributed by atoms with Crippen molar-refractivity contribution in [2.75, 3.05) is 25.0 Å². The van der Waals surface area contributed by atoms with E-state index in [1.54, 1.807) is 0 Å². The number of anilines is 1. The Morgan fingerprint density at radius 2 is 1.77 bits per heavy atom. The van der Waals surface area contributed by atoms with Gasteiger partial charge in [-0.3, -0.25) is 10.1 Å². The van der Waals surface area contributed by atoms with Gasteiger partial charge in [-0.1, -0.05) is 12.1 Å². The van der Waals surface area contributed by atoms with Crippen molar-refractivity contribution in [3.05, 3.63) is 29.3 Å². The molecule has 22 heavy (non-hydrogen) atoms. The molecule has 0 aliphatic carbocycles. The van der Waals surface area contributed by atoms with Crippen LogP contribution in [-0.2, 0) is 4.79 Å². The Bertz CT molecular complexity index is 535. The van der Waals surface area contributed by atoms with Crippen molar-refractivity contribution >= 4 is 17.6 Å². The van der Waals surface area contributed by atoms with Crippen LogP contribution in [0.3, 0.4) is 0 Å². The Morgan fingerprint density at radius 3 is 2.45 bits per heavy atom. The summed E-state index contributed by atoms with van der Waals surface area (Å²) in [6.07, 6.45) is 4.82. The number of rotatable bonds is 3. The number of nitrogens with one attached hydrogen (secondary N) is 3. The third-order valence-corrected chi connectivity index (χ3v) is 4.33. The predicted octanol–water partition coefficient (Wildman–Crippen LogP) is 1.41. The van der Waals surface area contributed by atoms with E-state index in [0.717, 1.165) is 42.7 Å². The van der Waals surface area contributed by atoms with Gasteiger partial charge in [-0.05, 0) is 56.7 Å². The van der Waals surface area contributed by atoms with E-state index in [-0.39, 0.29) is 5.91 Å². The van der Waals surface area contributed by atoms with Gasteiger partial charge in [0.05, 0.1) is 13.1 Å². The maximum absolute atomic E-state index is 12.0. The van der Waals surface area contributed by atoms with Gasteiger partial charge in [0, 0.05) is 5.69 Å². The molecule has 5 heteroatoms. The number of quaternary nitrogens is 1. The standard InChI is InChI=1S/C17H25N3O2/c1-13-8-7-9-15(14(13)2)18-17(22)19-16(21)12-20-10-5-3-4-6-11-20/h7-9H,3-6,10-12H2,1-2H3,(H2,18,19,21,22)/p+1. The minimum absolute atomic E-state index is 0.209. The third-order valence-electron chi connectivity index (χ3n) is 4.33. The minimum Gasteiger partial charge on any atom is -0.327 e. The highest BCUT2D eigenvalue weighted by atomic mass is 16.2. The van der Waals surface area contributed by atoms with E-state index in [2.05, 4.69) is 10.6 Å². The highest BCUT2D eigenvalue weighted by Gasteiger charge is 2.18. The summed E-state index contributed by atoms with van der Waals surface area (Å²) >= 11 is 0. The second-order valence-electron chi connectivity index (χ2n) is 6.09. The fourth-order valence-corrected chi connectivity index (χ4v) is 2.84. The van der Waals surface area contributed by atoms with Gasteiger partial charge in [-0.2, -0.15) is 0 Å². The van der Waals surface area contributed by atoms with Crippen LogP contribution < -0.4 is 15.5 Å². The quantitative estimate of drug-likeness (QED) is 0.790. The summed E-state index contributed by atoms with van der Waals surface area (Å²) in [6.45, 7) is 6.36. The molecule has 5 nitrogen and oxygen atoms in total. The molecule has 1 aliphatic rings. The number of hydrogen-bond acceptors (Lipinski definition) is 2. The lowest BCUT2D eigenvalue weighted by atomic mass is 10.1. The number of hydrogen-bond donors (Lipinski definition) is 3. The number of carbonyl (C=O) groups excluding carboxylic acids is 2. The summed E-state index contributed by atoms with van der Waals surface area (Å²) in [5.41, 5.74) is 2.87. The number of aryl methyl sites for hydroxylation is 1. The first-order valence-electron chi connectivity index (χ1n) is 8.07. The molecule has 3 N–H and O–H groups in total. The number of benzene rings is 1. The minimum atomic E-state index is -0.451. The molecule has 0 bridgehead atoms. The number of urea groups is 1. The molecule has 0 saturated carbocycles. The molecule has 1 fully saturated rings. The molecule has 1 aromatic rings. The zero-order valence-corrected chi connectivity index (χ0v) is 13.5. The predicted molar refractivity (Wildman–Crippen MR) is 87.1 cm³/mol. The van der Waals surface area contributed by atoms with E-state index < -0.39 is 6.03 Å². The first-order valence-corrected chi connectivity index (χ1v) is 8.07. The van der Waals surface area contributed by atoms with E-state index in [4.69, 9.17) is 0 Å². The Balaban J connectivity index is 1.83. The van der Waals surface area contributed by atoms with Crippen LogP contribution in [-0.4, -0.2) is 31.6 Å². The lowest BCUT2D eigenvalue weighted by Crippen LogP contribution is -3.13. The molecule has 1 aliphatic heterocycles. The zero-order chi connectivity index (χ0) is 15.9. The van der Waals surface area contributed by atoms with Crippen LogP contribution in [0.4, 0.5) is 10.5 Å². The van der Waals surface area contributed by atoms with Crippen molar-refractivity contribution in [1.29, 1.82) is 0 Å². The van der Waals surface area contributed by atoms with Gasteiger partial charge in [0.2, 0.25) is 0 Å². The summed E-state index contributed by atoms with van der Waals surface area (Å²) < 4.78 is 0. The van der Waals surface area contributed by atoms with E-state index >= 15 is 0 Å². The van der Waals surface area contributed by atoms with Crippen LogP contribution >= 0.6 is 0 Å². The average molecular weight is 304 g/mol. The SMILES string of the molecule is Cc1cccc(NC(=O)NC(=O)C[NH+]2CCCCCC2)c1C. The monoisotopic (exact) mass is 304 g/mol. The molecule has 0 radical (unpaired) electrons. The third kappa shape index (κ3) is 4.84. The van der Waals surface area contributed by atoms with E-state index in [1.165, 1.54) is 17.7 Å². The molecule has 2 rings (SSSR count). The zero-order valence-electron chi connectivity index (χ0n) is 13.5. The van der Waals surface area contributed by atoms with E-state index in [1.807, 2.05) is 32.0 Å². The Kier molecular flexibility index (Phi) is 5.95. The molecule has 0 atom stereocenters. The van der Waals surface area contributed by atoms with Gasteiger partial charge in [0.25, 0.3) is 5.91 Å². The second-order valence-corrected chi connectivity index (χ2v) is 6.09. The van der Waals surface area contributed by atoms with Crippen molar-refractivity contribution in [3.8, 4) is 0 Å². The van der Waals surface area contributed by atoms with Crippen LogP contribution in [0.5, 0.6) is 0 Å². The summed E-state index contributed by atoms with van der Waals surface area (Å²) in [4.78, 5) is 25.2. The number of likely N-dealkylation sites (tertiary alicyclic amines) is 1. The average Bonchev–Trinajstić information content (AvgIpc) is 2.72. The maximum atomic E-state index is 12.0. The molecule has 0 spiro atoms. The number of carbonyl (C=O) groups is 2. The van der Waals surface area contributed by atoms with Crippen molar-refractivity contribution in [2.45, 2.75) is 39.5 Å². The maximum Gasteiger partial charge on any atom is 0.326 e. The second kappa shape index (κ2) is 7.94. The van der Waals surface area contributed by atoms with Crippen LogP contribution in [0.15, 0.2) is 18.2 Å². The topological polar surface area (TPSA) is 62.6 Å². The van der Waals surface area contributed by atoms with Gasteiger partial charge in [-0.15, -0.1) is 0 Å². The smallest absolute Gasteiger partial charge is 0.326 e. The van der Waals surface area contributed by atoms with Gasteiger partial charge in [-0.25, -0.2) is 4.79 Å². The molecular formula is C17H26N3O2+. The first kappa shape index (κ1) is 16.5. The van der Waals surface area contributed by atoms with Crippen LogP contribution in [0.2, 0.25) is 0 Å². The molecular weight excluding hydrogens is 278 g/mol. The van der Waals surface area contributed by atoms with Gasteiger partial charge < -0.3 is 10.2 Å². The normalized spacial score (nSPS) is 15.9. The Morgan fingerprint density at radius 1 is 1.09 bits per heavy atom. The first-order chi connectivity index (χ1) is 10.6. The highest BCUT2D eigenvalue weighted by Crippen LogP contribution is 2.17. The fourth-order valence-electron chi connectivity index (χ4n) is 2.84. The van der Waals surface area contributed by atoms with Crippen molar-refractivity contribution in [3.63, 3.8) is 0 Å². The van der Waals surface area contributed by atoms with Gasteiger partial charge in [0.1, 0.15) is 0 Å². The van der Waals surface area contributed by atoms with Crippen LogP contribution in [0.25, 0.3) is 0 Å². The van der Waals surface area contributed by atoms with E-state index in [0.29, 0.717) is 6.54 Å². The van der Waals surface area contributed by atoms with Crippen molar-refractivity contribution < 1.29 is 14.5 Å². The van der Waals surface area contributed by atoms with E-state index in [9.17, 15) is 9.59 Å². The largest absolute Gasteiger partial charge is 0.327 e. The Labute approximate surface area is 132 Å². The lowest BCUT2D eigenvalue weighted by molar-refractivity contribution is -0.891. The fraction of sp³-hybridized carbons (Fsp3) is 0.529. The molecule has 120 valence electrons.